The molecule has 0 saturated heterocycles. The summed E-state index contributed by atoms with van der Waals surface area (Å²) in [6.45, 7) is 6.01. The molecule has 1 aromatic heterocycles. The molecule has 1 amide bonds. The van der Waals surface area contributed by atoms with E-state index in [9.17, 15) is 9.59 Å². The van der Waals surface area contributed by atoms with Crippen LogP contribution in [0.3, 0.4) is 0 Å². The van der Waals surface area contributed by atoms with E-state index < -0.39 is 0 Å². The number of nitrogens with zero attached hydrogens (tertiary/aromatic N) is 1. The van der Waals surface area contributed by atoms with E-state index in [1.54, 1.807) is 19.4 Å². The Morgan fingerprint density at radius 3 is 3.06 bits per heavy atom. The summed E-state index contributed by atoms with van der Waals surface area (Å²) < 4.78 is 4.95. The van der Waals surface area contributed by atoms with Crippen LogP contribution in [0.2, 0.25) is 0 Å². The van der Waals surface area contributed by atoms with Gasteiger partial charge in [-0.2, -0.15) is 0 Å². The van der Waals surface area contributed by atoms with Crippen molar-refractivity contribution < 1.29 is 14.3 Å². The van der Waals surface area contributed by atoms with Crippen molar-refractivity contribution in [1.82, 2.24) is 15.3 Å². The third-order valence-electron chi connectivity index (χ3n) is 2.38. The van der Waals surface area contributed by atoms with Crippen LogP contribution in [-0.2, 0) is 20.7 Å². The van der Waals surface area contributed by atoms with E-state index in [1.807, 2.05) is 0 Å². The molecule has 0 spiro atoms. The van der Waals surface area contributed by atoms with Crippen LogP contribution in [0, 0.1) is 0 Å². The minimum absolute atomic E-state index is 0.195. The van der Waals surface area contributed by atoms with Gasteiger partial charge in [0.25, 0.3) is 6.47 Å². The first-order valence-electron chi connectivity index (χ1n) is 5.64. The molecule has 0 aliphatic heterocycles. The third kappa shape index (κ3) is 4.82. The molecule has 0 aliphatic rings. The molecule has 0 bridgehead atoms. The number of aromatic amines is 1. The van der Waals surface area contributed by atoms with E-state index in [0.29, 0.717) is 31.4 Å². The molecule has 0 aromatic carbocycles. The molecular formula is C12H17N3O3. The first-order valence-corrected chi connectivity index (χ1v) is 5.64. The zero-order valence-electron chi connectivity index (χ0n) is 10.3. The highest BCUT2D eigenvalue weighted by Crippen LogP contribution is 2.05. The van der Waals surface area contributed by atoms with Crippen molar-refractivity contribution in [3.05, 3.63) is 30.4 Å². The molecule has 0 saturated carbocycles. The number of hydrogen-bond donors (Lipinski definition) is 2. The number of rotatable bonds is 8. The third-order valence-corrected chi connectivity index (χ3v) is 2.38. The van der Waals surface area contributed by atoms with Gasteiger partial charge < -0.3 is 15.0 Å². The zero-order valence-corrected chi connectivity index (χ0v) is 10.3. The summed E-state index contributed by atoms with van der Waals surface area (Å²) in [6, 6.07) is 0. The van der Waals surface area contributed by atoms with Gasteiger partial charge in [0, 0.05) is 31.2 Å². The Bertz CT molecular complexity index is 401. The molecule has 98 valence electrons. The molecular weight excluding hydrogens is 234 g/mol. The molecule has 1 aromatic rings. The summed E-state index contributed by atoms with van der Waals surface area (Å²) in [5.74, 6) is -0.195. The second-order valence-electron chi connectivity index (χ2n) is 3.94. The second-order valence-corrected chi connectivity index (χ2v) is 3.94. The average molecular weight is 251 g/mol. The van der Waals surface area contributed by atoms with Crippen LogP contribution in [0.5, 0.6) is 0 Å². The van der Waals surface area contributed by atoms with Crippen molar-refractivity contribution in [2.75, 3.05) is 6.54 Å². The molecule has 6 nitrogen and oxygen atoms in total. The molecule has 1 heterocycles. The summed E-state index contributed by atoms with van der Waals surface area (Å²) in [6.07, 6.45) is 4.07. The van der Waals surface area contributed by atoms with Gasteiger partial charge in [-0.1, -0.05) is 6.58 Å². The number of nitrogens with one attached hydrogen (secondary N) is 2. The number of ether oxygens (including phenoxy) is 1. The van der Waals surface area contributed by atoms with Crippen molar-refractivity contribution >= 4 is 12.4 Å². The maximum Gasteiger partial charge on any atom is 0.293 e. The second kappa shape index (κ2) is 7.26. The smallest absolute Gasteiger partial charge is 0.293 e. The highest BCUT2D eigenvalue weighted by molar-refractivity contribution is 5.91. The fraction of sp³-hybridized carbons (Fsp3) is 0.417. The summed E-state index contributed by atoms with van der Waals surface area (Å²) in [5, 5.41) is 2.69. The Labute approximate surface area is 105 Å². The van der Waals surface area contributed by atoms with Gasteiger partial charge in [-0.15, -0.1) is 0 Å². The Kier molecular flexibility index (Phi) is 5.63. The van der Waals surface area contributed by atoms with E-state index in [-0.39, 0.29) is 12.0 Å². The summed E-state index contributed by atoms with van der Waals surface area (Å²) in [5.41, 5.74) is 1.27. The lowest BCUT2D eigenvalue weighted by Crippen LogP contribution is -2.29. The summed E-state index contributed by atoms with van der Waals surface area (Å²) in [4.78, 5) is 28.5. The lowest BCUT2D eigenvalue weighted by Gasteiger charge is -2.14. The maximum absolute atomic E-state index is 11.3. The van der Waals surface area contributed by atoms with Crippen molar-refractivity contribution in [3.63, 3.8) is 0 Å². The Hall–Kier alpha value is -2.11. The zero-order chi connectivity index (χ0) is 13.4. The van der Waals surface area contributed by atoms with Gasteiger partial charge in [0.2, 0.25) is 5.91 Å². The van der Waals surface area contributed by atoms with Crippen molar-refractivity contribution in [2.45, 2.75) is 25.9 Å². The van der Waals surface area contributed by atoms with Crippen LogP contribution in [0.4, 0.5) is 0 Å². The first-order chi connectivity index (χ1) is 8.63. The predicted molar refractivity (Wildman–Crippen MR) is 65.7 cm³/mol. The SMILES string of the molecule is C=C(C)C(=O)NCCC(Cc1c[nH]cn1)OC=O. The van der Waals surface area contributed by atoms with Crippen molar-refractivity contribution in [3.8, 4) is 0 Å². The topological polar surface area (TPSA) is 84.1 Å². The summed E-state index contributed by atoms with van der Waals surface area (Å²) >= 11 is 0. The van der Waals surface area contributed by atoms with Gasteiger partial charge in [-0.05, 0) is 6.92 Å². The van der Waals surface area contributed by atoms with Crippen LogP contribution in [-0.4, -0.2) is 35.0 Å². The van der Waals surface area contributed by atoms with Crippen molar-refractivity contribution in [2.24, 2.45) is 0 Å². The monoisotopic (exact) mass is 251 g/mol. The molecule has 1 rings (SSSR count). The molecule has 6 heteroatoms. The van der Waals surface area contributed by atoms with Crippen molar-refractivity contribution in [1.29, 1.82) is 0 Å². The molecule has 1 atom stereocenters. The lowest BCUT2D eigenvalue weighted by atomic mass is 10.1. The highest BCUT2D eigenvalue weighted by atomic mass is 16.5. The van der Waals surface area contributed by atoms with E-state index in [4.69, 9.17) is 4.74 Å². The number of H-pyrrole nitrogens is 1. The van der Waals surface area contributed by atoms with Gasteiger partial charge in [0.1, 0.15) is 6.10 Å². The predicted octanol–water partition coefficient (Wildman–Crippen LogP) is 0.576. The van der Waals surface area contributed by atoms with Crippen LogP contribution < -0.4 is 5.32 Å². The van der Waals surface area contributed by atoms with E-state index in [1.165, 1.54) is 0 Å². The normalized spacial score (nSPS) is 11.6. The van der Waals surface area contributed by atoms with E-state index >= 15 is 0 Å². The van der Waals surface area contributed by atoms with Crippen LogP contribution in [0.1, 0.15) is 19.0 Å². The average Bonchev–Trinajstić information content (AvgIpc) is 2.81. The number of imidazole rings is 1. The number of aromatic nitrogens is 2. The molecule has 2 N–H and O–H groups in total. The number of amides is 1. The van der Waals surface area contributed by atoms with Crippen LogP contribution in [0.15, 0.2) is 24.7 Å². The minimum Gasteiger partial charge on any atom is -0.464 e. The number of hydrogen-bond acceptors (Lipinski definition) is 4. The molecule has 1 unspecified atom stereocenters. The number of carbonyl (C=O) groups excluding carboxylic acids is 2. The van der Waals surface area contributed by atoms with Gasteiger partial charge in [-0.25, -0.2) is 4.98 Å². The van der Waals surface area contributed by atoms with Gasteiger partial charge in [0.05, 0.1) is 12.0 Å². The largest absolute Gasteiger partial charge is 0.464 e. The molecule has 0 radical (unpaired) electrons. The lowest BCUT2D eigenvalue weighted by molar-refractivity contribution is -0.133. The van der Waals surface area contributed by atoms with Gasteiger partial charge in [0.15, 0.2) is 0 Å². The fourth-order valence-electron chi connectivity index (χ4n) is 1.43. The Balaban J connectivity index is 2.36. The Morgan fingerprint density at radius 2 is 2.50 bits per heavy atom. The van der Waals surface area contributed by atoms with Crippen LogP contribution in [0.25, 0.3) is 0 Å². The standard InChI is InChI=1S/C12H17N3O3/c1-9(2)12(17)14-4-3-11(18-8-16)5-10-6-13-7-15-10/h6-8,11H,1,3-5H2,2H3,(H,13,15)(H,14,17). The van der Waals surface area contributed by atoms with Gasteiger partial charge >= 0.3 is 0 Å². The fourth-order valence-corrected chi connectivity index (χ4v) is 1.43. The molecule has 18 heavy (non-hydrogen) atoms. The number of carbonyl (C=O) groups is 2. The highest BCUT2D eigenvalue weighted by Gasteiger charge is 2.12. The minimum atomic E-state index is -0.295. The molecule has 0 fully saturated rings. The van der Waals surface area contributed by atoms with Gasteiger partial charge in [-0.3, -0.25) is 9.59 Å². The Morgan fingerprint density at radius 1 is 1.72 bits per heavy atom. The maximum atomic E-state index is 11.3. The summed E-state index contributed by atoms with van der Waals surface area (Å²) in [7, 11) is 0. The van der Waals surface area contributed by atoms with Crippen LogP contribution >= 0.6 is 0 Å². The molecule has 0 aliphatic carbocycles. The van der Waals surface area contributed by atoms with E-state index in [2.05, 4.69) is 21.9 Å². The quantitative estimate of drug-likeness (QED) is 0.523. The van der Waals surface area contributed by atoms with E-state index in [0.717, 1.165) is 5.69 Å². The first kappa shape index (κ1) is 14.0.